The summed E-state index contributed by atoms with van der Waals surface area (Å²) in [7, 11) is 0. The van der Waals surface area contributed by atoms with Gasteiger partial charge in [0.1, 0.15) is 5.82 Å². The summed E-state index contributed by atoms with van der Waals surface area (Å²) in [5, 5.41) is 5.72. The van der Waals surface area contributed by atoms with Gasteiger partial charge in [-0.3, -0.25) is 9.59 Å². The van der Waals surface area contributed by atoms with E-state index >= 15 is 0 Å². The second-order valence-corrected chi connectivity index (χ2v) is 7.01. The van der Waals surface area contributed by atoms with Crippen molar-refractivity contribution in [2.75, 3.05) is 23.3 Å². The highest BCUT2D eigenvalue weighted by atomic mass is 19.1. The maximum absolute atomic E-state index is 13.0. The van der Waals surface area contributed by atoms with E-state index in [0.717, 1.165) is 30.6 Å². The first-order valence-electron chi connectivity index (χ1n) is 9.17. The van der Waals surface area contributed by atoms with Crippen LogP contribution in [0.25, 0.3) is 0 Å². The fourth-order valence-electron chi connectivity index (χ4n) is 3.32. The maximum Gasteiger partial charge on any atom is 0.251 e. The first kappa shape index (κ1) is 18.9. The van der Waals surface area contributed by atoms with Crippen LogP contribution in [-0.2, 0) is 11.2 Å². The normalized spacial score (nSPS) is 13.3. The Morgan fingerprint density at radius 3 is 2.59 bits per heavy atom. The first-order valence-corrected chi connectivity index (χ1v) is 9.17. The molecule has 0 bridgehead atoms. The van der Waals surface area contributed by atoms with Gasteiger partial charge in [0, 0.05) is 29.5 Å². The lowest BCUT2D eigenvalue weighted by Gasteiger charge is -2.32. The van der Waals surface area contributed by atoms with Gasteiger partial charge in [-0.15, -0.1) is 0 Å². The molecule has 1 aliphatic rings. The lowest BCUT2D eigenvalue weighted by molar-refractivity contribution is -0.115. The number of halogens is 1. The molecule has 2 aromatic rings. The van der Waals surface area contributed by atoms with Crippen molar-refractivity contribution in [3.8, 4) is 0 Å². The molecule has 0 aliphatic carbocycles. The van der Waals surface area contributed by atoms with Gasteiger partial charge in [-0.1, -0.05) is 6.07 Å². The molecular formula is C21H24FN3O2. The average Bonchev–Trinajstić information content (AvgIpc) is 2.63. The molecule has 142 valence electrons. The number of benzene rings is 2. The Balaban J connectivity index is 1.75. The van der Waals surface area contributed by atoms with Gasteiger partial charge in [-0.2, -0.15) is 0 Å². The Bertz CT molecular complexity index is 834. The smallest absolute Gasteiger partial charge is 0.251 e. The summed E-state index contributed by atoms with van der Waals surface area (Å²) >= 11 is 0. The number of nitrogens with one attached hydrogen (secondary N) is 2. The maximum atomic E-state index is 13.0. The van der Waals surface area contributed by atoms with E-state index in [1.165, 1.54) is 24.3 Å². The van der Waals surface area contributed by atoms with Gasteiger partial charge in [0.15, 0.2) is 0 Å². The molecule has 0 unspecified atom stereocenters. The van der Waals surface area contributed by atoms with Gasteiger partial charge in [0.25, 0.3) is 5.91 Å². The second kappa shape index (κ2) is 8.20. The molecule has 2 aromatic carbocycles. The van der Waals surface area contributed by atoms with E-state index in [1.54, 1.807) is 0 Å². The number of nitrogens with zero attached hydrogens (tertiary/aromatic N) is 1. The number of carbonyl (C=O) groups excluding carboxylic acids is 2. The van der Waals surface area contributed by atoms with E-state index < -0.39 is 0 Å². The van der Waals surface area contributed by atoms with Crippen LogP contribution in [0.5, 0.6) is 0 Å². The SMILES string of the molecule is CC(C)NC(=O)c1cccc2c1CCCN2CC(=O)Nc1ccc(F)cc1. The molecule has 0 spiro atoms. The third-order valence-corrected chi connectivity index (χ3v) is 4.47. The fourth-order valence-corrected chi connectivity index (χ4v) is 3.32. The zero-order chi connectivity index (χ0) is 19.4. The van der Waals surface area contributed by atoms with Gasteiger partial charge in [0.05, 0.1) is 6.54 Å². The van der Waals surface area contributed by atoms with Crippen LogP contribution in [-0.4, -0.2) is 30.9 Å². The lowest BCUT2D eigenvalue weighted by atomic mass is 9.95. The van der Waals surface area contributed by atoms with Crippen LogP contribution in [0.15, 0.2) is 42.5 Å². The van der Waals surface area contributed by atoms with Crippen LogP contribution in [0.1, 0.15) is 36.2 Å². The quantitative estimate of drug-likeness (QED) is 0.850. The molecule has 6 heteroatoms. The van der Waals surface area contributed by atoms with Crippen molar-refractivity contribution >= 4 is 23.2 Å². The van der Waals surface area contributed by atoms with E-state index in [2.05, 4.69) is 10.6 Å². The minimum Gasteiger partial charge on any atom is -0.362 e. The molecule has 5 nitrogen and oxygen atoms in total. The Kier molecular flexibility index (Phi) is 5.74. The molecule has 1 heterocycles. The number of hydrogen-bond donors (Lipinski definition) is 2. The summed E-state index contributed by atoms with van der Waals surface area (Å²) in [4.78, 5) is 26.9. The van der Waals surface area contributed by atoms with E-state index in [1.807, 2.05) is 36.9 Å². The highest BCUT2D eigenvalue weighted by molar-refractivity contribution is 5.98. The van der Waals surface area contributed by atoms with E-state index in [9.17, 15) is 14.0 Å². The van der Waals surface area contributed by atoms with Crippen molar-refractivity contribution in [2.24, 2.45) is 0 Å². The Hall–Kier alpha value is -2.89. The zero-order valence-electron chi connectivity index (χ0n) is 15.6. The van der Waals surface area contributed by atoms with Crippen molar-refractivity contribution in [1.29, 1.82) is 0 Å². The number of hydrogen-bond acceptors (Lipinski definition) is 3. The largest absolute Gasteiger partial charge is 0.362 e. The van der Waals surface area contributed by atoms with Crippen LogP contribution < -0.4 is 15.5 Å². The molecule has 0 fully saturated rings. The van der Waals surface area contributed by atoms with Gasteiger partial charge in [0.2, 0.25) is 5.91 Å². The number of fused-ring (bicyclic) bond motifs is 1. The fraction of sp³-hybridized carbons (Fsp3) is 0.333. The van der Waals surface area contributed by atoms with E-state index in [4.69, 9.17) is 0 Å². The van der Waals surface area contributed by atoms with Crippen LogP contribution in [0, 0.1) is 5.82 Å². The van der Waals surface area contributed by atoms with Crippen LogP contribution in [0.3, 0.4) is 0 Å². The molecule has 0 atom stereocenters. The molecule has 0 saturated heterocycles. The minimum absolute atomic E-state index is 0.0644. The van der Waals surface area contributed by atoms with Gasteiger partial charge >= 0.3 is 0 Å². The number of amides is 2. The van der Waals surface area contributed by atoms with Gasteiger partial charge in [-0.05, 0) is 68.7 Å². The second-order valence-electron chi connectivity index (χ2n) is 7.01. The highest BCUT2D eigenvalue weighted by Gasteiger charge is 2.23. The van der Waals surface area contributed by atoms with Crippen LogP contribution >= 0.6 is 0 Å². The summed E-state index contributed by atoms with van der Waals surface area (Å²) in [6.45, 7) is 4.79. The third-order valence-electron chi connectivity index (χ3n) is 4.47. The molecule has 0 saturated carbocycles. The number of carbonyl (C=O) groups is 2. The monoisotopic (exact) mass is 369 g/mol. The van der Waals surface area contributed by atoms with Crippen LogP contribution in [0.2, 0.25) is 0 Å². The average molecular weight is 369 g/mol. The summed E-state index contributed by atoms with van der Waals surface area (Å²) in [6.07, 6.45) is 1.69. The predicted molar refractivity (Wildman–Crippen MR) is 105 cm³/mol. The molecule has 0 aromatic heterocycles. The predicted octanol–water partition coefficient (Wildman–Crippen LogP) is 3.36. The van der Waals surface area contributed by atoms with Crippen LogP contribution in [0.4, 0.5) is 15.8 Å². The molecule has 2 N–H and O–H groups in total. The third kappa shape index (κ3) is 4.64. The van der Waals surface area contributed by atoms with E-state index in [-0.39, 0.29) is 30.2 Å². The molecule has 3 rings (SSSR count). The molecule has 2 amide bonds. The Labute approximate surface area is 158 Å². The van der Waals surface area contributed by atoms with Gasteiger partial charge in [-0.25, -0.2) is 4.39 Å². The summed E-state index contributed by atoms with van der Waals surface area (Å²) in [5.41, 5.74) is 3.14. The van der Waals surface area contributed by atoms with Gasteiger partial charge < -0.3 is 15.5 Å². The van der Waals surface area contributed by atoms with Crippen molar-refractivity contribution in [1.82, 2.24) is 5.32 Å². The minimum atomic E-state index is -0.342. The molecule has 1 aliphatic heterocycles. The standard InChI is InChI=1S/C21H24FN3O2/c1-14(2)23-21(27)18-5-3-7-19-17(18)6-4-12-25(19)13-20(26)24-16-10-8-15(22)9-11-16/h3,5,7-11,14H,4,6,12-13H2,1-2H3,(H,23,27)(H,24,26). The molecule has 0 radical (unpaired) electrons. The van der Waals surface area contributed by atoms with Crippen molar-refractivity contribution < 1.29 is 14.0 Å². The highest BCUT2D eigenvalue weighted by Crippen LogP contribution is 2.30. The van der Waals surface area contributed by atoms with Crippen molar-refractivity contribution in [3.63, 3.8) is 0 Å². The zero-order valence-corrected chi connectivity index (χ0v) is 15.6. The summed E-state index contributed by atoms with van der Waals surface area (Å²) in [5.74, 6) is -0.601. The summed E-state index contributed by atoms with van der Waals surface area (Å²) in [6, 6.07) is 11.4. The van der Waals surface area contributed by atoms with Crippen molar-refractivity contribution in [3.05, 3.63) is 59.4 Å². The number of anilines is 2. The Morgan fingerprint density at radius 2 is 1.89 bits per heavy atom. The lowest BCUT2D eigenvalue weighted by Crippen LogP contribution is -2.38. The topological polar surface area (TPSA) is 61.4 Å². The van der Waals surface area contributed by atoms with E-state index in [0.29, 0.717) is 11.3 Å². The van der Waals surface area contributed by atoms with Crippen molar-refractivity contribution in [2.45, 2.75) is 32.7 Å². The summed E-state index contributed by atoms with van der Waals surface area (Å²) < 4.78 is 13.0. The molecular weight excluding hydrogens is 345 g/mol. The number of rotatable bonds is 5. The Morgan fingerprint density at radius 1 is 1.15 bits per heavy atom. The first-order chi connectivity index (χ1) is 12.9. The molecule has 27 heavy (non-hydrogen) atoms.